The van der Waals surface area contributed by atoms with Crippen LogP contribution in [0, 0.1) is 5.21 Å². The van der Waals surface area contributed by atoms with Gasteiger partial charge in [0.2, 0.25) is 15.9 Å². The molecule has 0 aliphatic carbocycles. The van der Waals surface area contributed by atoms with E-state index in [1.165, 1.54) is 24.1 Å². The lowest BCUT2D eigenvalue weighted by molar-refractivity contribution is -0.607. The van der Waals surface area contributed by atoms with Gasteiger partial charge in [0, 0.05) is 19.0 Å². The number of nitrogens with one attached hydrogen (secondary N) is 1. The zero-order valence-corrected chi connectivity index (χ0v) is 26.2. The van der Waals surface area contributed by atoms with E-state index in [9.17, 15) is 28.0 Å². The van der Waals surface area contributed by atoms with Gasteiger partial charge in [0.15, 0.2) is 18.2 Å². The first kappa shape index (κ1) is 31.7. The summed E-state index contributed by atoms with van der Waals surface area (Å²) >= 11 is 0. The molecule has 47 heavy (non-hydrogen) atoms. The van der Waals surface area contributed by atoms with E-state index in [2.05, 4.69) is 5.32 Å². The van der Waals surface area contributed by atoms with E-state index < -0.39 is 52.5 Å². The molecule has 3 unspecified atom stereocenters. The van der Waals surface area contributed by atoms with Gasteiger partial charge in [0.1, 0.15) is 28.5 Å². The van der Waals surface area contributed by atoms with E-state index in [0.717, 1.165) is 27.8 Å². The molecule has 6 rings (SSSR count). The molecule has 0 spiro atoms. The zero-order chi connectivity index (χ0) is 33.1. The van der Waals surface area contributed by atoms with E-state index >= 15 is 0 Å². The first-order valence-corrected chi connectivity index (χ1v) is 16.4. The van der Waals surface area contributed by atoms with Crippen LogP contribution in [0.25, 0.3) is 11.1 Å². The van der Waals surface area contributed by atoms with Gasteiger partial charge in [-0.15, -0.1) is 0 Å². The summed E-state index contributed by atoms with van der Waals surface area (Å²) in [5, 5.41) is 14.5. The third-order valence-corrected chi connectivity index (χ3v) is 10.2. The molecule has 2 amide bonds. The second kappa shape index (κ2) is 13.2. The van der Waals surface area contributed by atoms with E-state index in [1.807, 2.05) is 42.5 Å². The smallest absolute Gasteiger partial charge is 0.413 e. The average Bonchev–Trinajstić information content (AvgIpc) is 3.66. The number of fused-ring (bicyclic) bond motifs is 1. The lowest BCUT2D eigenvalue weighted by Crippen LogP contribution is -2.53. The number of sulfonamides is 1. The highest BCUT2D eigenvalue weighted by molar-refractivity contribution is 7.89. The second-order valence-electron chi connectivity index (χ2n) is 11.3. The van der Waals surface area contributed by atoms with Crippen LogP contribution in [-0.4, -0.2) is 73.7 Å². The minimum absolute atomic E-state index is 0.0719. The molecule has 0 radical (unpaired) electrons. The Morgan fingerprint density at radius 3 is 2.32 bits per heavy atom. The fourth-order valence-electron chi connectivity index (χ4n) is 6.09. The number of pyridine rings is 1. The van der Waals surface area contributed by atoms with Gasteiger partial charge in [0.25, 0.3) is 0 Å². The van der Waals surface area contributed by atoms with Crippen molar-refractivity contribution < 1.29 is 37.0 Å². The summed E-state index contributed by atoms with van der Waals surface area (Å²) in [5.41, 5.74) is 2.65. The van der Waals surface area contributed by atoms with Crippen LogP contribution in [-0.2, 0) is 26.0 Å². The summed E-state index contributed by atoms with van der Waals surface area (Å²) in [5.74, 6) is -0.107. The highest BCUT2D eigenvalue weighted by atomic mass is 32.2. The minimum Gasteiger partial charge on any atom is -0.619 e. The minimum atomic E-state index is -4.20. The number of carbonyl (C=O) groups excluding carboxylic acids is 3. The molecule has 3 heterocycles. The van der Waals surface area contributed by atoms with E-state index in [4.69, 9.17) is 9.47 Å². The van der Waals surface area contributed by atoms with Gasteiger partial charge in [-0.25, -0.2) is 13.2 Å². The summed E-state index contributed by atoms with van der Waals surface area (Å²) in [7, 11) is -2.66. The van der Waals surface area contributed by atoms with Crippen LogP contribution in [0.3, 0.4) is 0 Å². The number of methoxy groups -OCH3 is 1. The van der Waals surface area contributed by atoms with Gasteiger partial charge in [0.05, 0.1) is 19.7 Å². The summed E-state index contributed by atoms with van der Waals surface area (Å²) in [6.45, 7) is -0.341. The van der Waals surface area contributed by atoms with Crippen molar-refractivity contribution in [1.29, 1.82) is 0 Å². The quantitative estimate of drug-likeness (QED) is 0.214. The molecule has 3 atom stereocenters. The fraction of sp³-hybridized carbons (Fsp3) is 0.235. The van der Waals surface area contributed by atoms with Crippen molar-refractivity contribution in [3.63, 3.8) is 0 Å². The van der Waals surface area contributed by atoms with Crippen LogP contribution in [0.2, 0.25) is 0 Å². The van der Waals surface area contributed by atoms with Gasteiger partial charge in [-0.3, -0.25) is 9.59 Å². The number of Topliss-reactive ketones (excluding diaryl/α,β-unsaturated/α-hetero) is 1. The number of ether oxygens (including phenoxy) is 2. The number of hydrogen-bond donors (Lipinski definition) is 1. The van der Waals surface area contributed by atoms with Gasteiger partial charge in [-0.05, 0) is 53.4 Å². The normalized spacial score (nSPS) is 18.4. The highest BCUT2D eigenvalue weighted by Crippen LogP contribution is 2.34. The molecule has 0 saturated carbocycles. The Balaban J connectivity index is 1.21. The SMILES string of the molecule is COc1ccc(CC(NC(=O)Oc2ccc(-c3ccccc3)cc2)C(=O)N2CCC3C2C(=O)CN3S(=O)(=O)c2ccc[n+]([O-])c2)cc1. The van der Waals surface area contributed by atoms with E-state index in [0.29, 0.717) is 16.0 Å². The van der Waals surface area contributed by atoms with Crippen LogP contribution in [0.4, 0.5) is 4.79 Å². The monoisotopic (exact) mass is 656 g/mol. The number of hydrogen-bond acceptors (Lipinski definition) is 8. The van der Waals surface area contributed by atoms with E-state index in [1.54, 1.807) is 36.4 Å². The molecule has 2 aliphatic heterocycles. The maximum Gasteiger partial charge on any atom is 0.413 e. The molecule has 3 aromatic carbocycles. The molecule has 2 fully saturated rings. The van der Waals surface area contributed by atoms with Crippen molar-refractivity contribution in [2.45, 2.75) is 35.9 Å². The fourth-order valence-corrected chi connectivity index (χ4v) is 7.72. The first-order valence-electron chi connectivity index (χ1n) is 14.9. The van der Waals surface area contributed by atoms with Crippen LogP contribution < -0.4 is 19.5 Å². The third-order valence-electron chi connectivity index (χ3n) is 8.38. The number of likely N-dealkylation sites (tertiary alicyclic amines) is 1. The number of benzene rings is 3. The number of rotatable bonds is 9. The third kappa shape index (κ3) is 6.67. The largest absolute Gasteiger partial charge is 0.619 e. The molecule has 12 nitrogen and oxygen atoms in total. The second-order valence-corrected chi connectivity index (χ2v) is 13.2. The average molecular weight is 657 g/mol. The first-order chi connectivity index (χ1) is 22.6. The maximum absolute atomic E-state index is 14.1. The van der Waals surface area contributed by atoms with Gasteiger partial charge < -0.3 is 24.9 Å². The lowest BCUT2D eigenvalue weighted by Gasteiger charge is -2.28. The lowest BCUT2D eigenvalue weighted by atomic mass is 10.0. The predicted molar refractivity (Wildman–Crippen MR) is 170 cm³/mol. The summed E-state index contributed by atoms with van der Waals surface area (Å²) in [6, 6.07) is 23.3. The van der Waals surface area contributed by atoms with Crippen LogP contribution in [0.1, 0.15) is 12.0 Å². The number of ketones is 1. The molecule has 242 valence electrons. The molecule has 4 aromatic rings. The zero-order valence-electron chi connectivity index (χ0n) is 25.4. The number of carbonyl (C=O) groups is 3. The van der Waals surface area contributed by atoms with Crippen LogP contribution in [0.15, 0.2) is 108 Å². The van der Waals surface area contributed by atoms with Crippen molar-refractivity contribution in [1.82, 2.24) is 14.5 Å². The Hall–Kier alpha value is -5.27. The number of nitrogens with zero attached hydrogens (tertiary/aromatic N) is 3. The van der Waals surface area contributed by atoms with Crippen molar-refractivity contribution in [2.75, 3.05) is 20.2 Å². The van der Waals surface area contributed by atoms with Crippen molar-refractivity contribution in [3.05, 3.63) is 114 Å². The van der Waals surface area contributed by atoms with Crippen molar-refractivity contribution >= 4 is 27.8 Å². The molecular weight excluding hydrogens is 624 g/mol. The molecule has 1 aromatic heterocycles. The highest BCUT2D eigenvalue weighted by Gasteiger charge is 2.54. The number of amides is 2. The van der Waals surface area contributed by atoms with E-state index in [-0.39, 0.29) is 30.0 Å². The molecule has 2 saturated heterocycles. The molecule has 13 heteroatoms. The van der Waals surface area contributed by atoms with Crippen molar-refractivity contribution in [3.8, 4) is 22.6 Å². The summed E-state index contributed by atoms with van der Waals surface area (Å²) in [6.07, 6.45) is 1.51. The van der Waals surface area contributed by atoms with Gasteiger partial charge in [-0.1, -0.05) is 54.6 Å². The van der Waals surface area contributed by atoms with Crippen LogP contribution in [0.5, 0.6) is 11.5 Å². The Morgan fingerprint density at radius 1 is 0.957 bits per heavy atom. The molecule has 1 N–H and O–H groups in total. The van der Waals surface area contributed by atoms with Crippen LogP contribution >= 0.6 is 0 Å². The number of aromatic nitrogens is 1. The molecular formula is C34H32N4O8S. The standard InChI is InChI=1S/C34H32N4O8S/c1-45-26-13-9-23(10-14-26)20-29(35-34(41)46-27-15-11-25(12-16-27)24-6-3-2-4-7-24)33(40)37-19-17-30-32(37)31(39)22-38(30)47(43,44)28-8-5-18-36(42)21-28/h2-16,18,21,29-30,32H,17,19-20,22H2,1H3,(H,35,41). The molecule has 2 aliphatic rings. The topological polar surface area (TPSA) is 149 Å². The summed E-state index contributed by atoms with van der Waals surface area (Å²) < 4.78 is 39.1. The maximum atomic E-state index is 14.1. The van der Waals surface area contributed by atoms with Gasteiger partial charge >= 0.3 is 6.09 Å². The Bertz CT molecular complexity index is 1890. The Kier molecular flexibility index (Phi) is 8.92. The van der Waals surface area contributed by atoms with Crippen molar-refractivity contribution in [2.24, 2.45) is 0 Å². The van der Waals surface area contributed by atoms with Gasteiger partial charge in [-0.2, -0.15) is 9.04 Å². The summed E-state index contributed by atoms with van der Waals surface area (Å²) in [4.78, 5) is 41.6. The predicted octanol–water partition coefficient (Wildman–Crippen LogP) is 2.94. The Morgan fingerprint density at radius 2 is 1.64 bits per heavy atom. The Labute approximate surface area is 271 Å². The molecule has 0 bridgehead atoms.